The first-order valence-corrected chi connectivity index (χ1v) is 6.81. The van der Waals surface area contributed by atoms with Crippen LogP contribution in [0, 0.1) is 5.82 Å². The zero-order valence-corrected chi connectivity index (χ0v) is 12.1. The SMILES string of the molecule is CN1C(=O)CN=C(c2cccc(F)c2)c2cc(Cl)ccc21. The van der Waals surface area contributed by atoms with Gasteiger partial charge in [0.05, 0.1) is 11.4 Å². The minimum Gasteiger partial charge on any atom is -0.313 e. The van der Waals surface area contributed by atoms with Crippen molar-refractivity contribution in [3.8, 4) is 0 Å². The lowest BCUT2D eigenvalue weighted by Gasteiger charge is -2.18. The molecule has 1 aliphatic heterocycles. The molecule has 1 aliphatic rings. The first-order chi connectivity index (χ1) is 10.1. The van der Waals surface area contributed by atoms with Gasteiger partial charge in [-0.3, -0.25) is 9.79 Å². The van der Waals surface area contributed by atoms with Crippen LogP contribution in [0.25, 0.3) is 0 Å². The van der Waals surface area contributed by atoms with Crippen molar-refractivity contribution in [3.05, 3.63) is 64.4 Å². The fraction of sp³-hybridized carbons (Fsp3) is 0.125. The molecule has 0 saturated carbocycles. The van der Waals surface area contributed by atoms with E-state index < -0.39 is 0 Å². The standard InChI is InChI=1S/C16H12ClFN2O/c1-20-14-6-5-11(17)8-13(14)16(19-9-15(20)21)10-3-2-4-12(18)7-10/h2-8H,9H2,1H3. The monoisotopic (exact) mass is 302 g/mol. The highest BCUT2D eigenvalue weighted by Gasteiger charge is 2.22. The molecule has 2 aromatic carbocycles. The Morgan fingerprint density at radius 1 is 1.24 bits per heavy atom. The third-order valence-corrected chi connectivity index (χ3v) is 3.65. The summed E-state index contributed by atoms with van der Waals surface area (Å²) in [6.45, 7) is 0.0225. The molecule has 3 nitrogen and oxygen atoms in total. The second kappa shape index (κ2) is 5.30. The van der Waals surface area contributed by atoms with Crippen LogP contribution in [0.1, 0.15) is 11.1 Å². The predicted octanol–water partition coefficient (Wildman–Crippen LogP) is 3.29. The van der Waals surface area contributed by atoms with Crippen LogP contribution < -0.4 is 4.90 Å². The summed E-state index contributed by atoms with van der Waals surface area (Å²) in [4.78, 5) is 17.9. The molecule has 2 aromatic rings. The van der Waals surface area contributed by atoms with E-state index in [1.165, 1.54) is 12.1 Å². The van der Waals surface area contributed by atoms with Gasteiger partial charge in [0.25, 0.3) is 0 Å². The van der Waals surface area contributed by atoms with Crippen LogP contribution in [0.4, 0.5) is 10.1 Å². The molecule has 5 heteroatoms. The summed E-state index contributed by atoms with van der Waals surface area (Å²) in [6.07, 6.45) is 0. The van der Waals surface area contributed by atoms with Gasteiger partial charge in [-0.05, 0) is 30.3 Å². The normalized spacial score (nSPS) is 14.5. The number of fused-ring (bicyclic) bond motifs is 1. The van der Waals surface area contributed by atoms with E-state index in [1.54, 1.807) is 42.3 Å². The molecule has 1 heterocycles. The number of halogens is 2. The van der Waals surface area contributed by atoms with Gasteiger partial charge in [0, 0.05) is 23.2 Å². The van der Waals surface area contributed by atoms with E-state index in [-0.39, 0.29) is 18.3 Å². The number of amides is 1. The fourth-order valence-electron chi connectivity index (χ4n) is 2.35. The van der Waals surface area contributed by atoms with Gasteiger partial charge >= 0.3 is 0 Å². The summed E-state index contributed by atoms with van der Waals surface area (Å²) in [5.41, 5.74) is 2.64. The highest BCUT2D eigenvalue weighted by molar-refractivity contribution is 6.32. The van der Waals surface area contributed by atoms with Crippen molar-refractivity contribution in [2.75, 3.05) is 18.5 Å². The molecule has 106 valence electrons. The molecule has 3 rings (SSSR count). The number of hydrogen-bond acceptors (Lipinski definition) is 2. The minimum atomic E-state index is -0.345. The first kappa shape index (κ1) is 13.8. The number of nitrogens with zero attached hydrogens (tertiary/aromatic N) is 2. The van der Waals surface area contributed by atoms with Crippen LogP contribution in [-0.4, -0.2) is 25.2 Å². The van der Waals surface area contributed by atoms with Crippen molar-refractivity contribution >= 4 is 28.9 Å². The van der Waals surface area contributed by atoms with Crippen LogP contribution in [0.5, 0.6) is 0 Å². The highest BCUT2D eigenvalue weighted by atomic mass is 35.5. The summed E-state index contributed by atoms with van der Waals surface area (Å²) >= 11 is 6.07. The Labute approximate surface area is 126 Å². The minimum absolute atomic E-state index is 0.0225. The average Bonchev–Trinajstić information content (AvgIpc) is 2.57. The molecule has 1 amide bonds. The molecule has 0 spiro atoms. The quantitative estimate of drug-likeness (QED) is 0.795. The lowest BCUT2D eigenvalue weighted by Crippen LogP contribution is -2.27. The number of rotatable bonds is 1. The third kappa shape index (κ3) is 2.54. The van der Waals surface area contributed by atoms with Crippen LogP contribution in [0.2, 0.25) is 5.02 Å². The highest BCUT2D eigenvalue weighted by Crippen LogP contribution is 2.28. The molecule has 21 heavy (non-hydrogen) atoms. The second-order valence-electron chi connectivity index (χ2n) is 4.79. The van der Waals surface area contributed by atoms with Crippen molar-refractivity contribution in [1.82, 2.24) is 0 Å². The Hall–Kier alpha value is -2.20. The van der Waals surface area contributed by atoms with Crippen molar-refractivity contribution in [2.45, 2.75) is 0 Å². The molecule has 0 fully saturated rings. The molecule has 0 bridgehead atoms. The summed E-state index contributed by atoms with van der Waals surface area (Å²) in [5, 5.41) is 0.542. The topological polar surface area (TPSA) is 32.7 Å². The molecule has 0 aromatic heterocycles. The van der Waals surface area contributed by atoms with Gasteiger partial charge in [0.2, 0.25) is 5.91 Å². The Balaban J connectivity index is 2.23. The summed E-state index contributed by atoms with van der Waals surface area (Å²) in [5.74, 6) is -0.465. The molecule has 0 saturated heterocycles. The number of anilines is 1. The van der Waals surface area contributed by atoms with Gasteiger partial charge in [0.1, 0.15) is 12.4 Å². The second-order valence-corrected chi connectivity index (χ2v) is 5.23. The zero-order valence-electron chi connectivity index (χ0n) is 11.3. The van der Waals surface area contributed by atoms with Crippen molar-refractivity contribution in [3.63, 3.8) is 0 Å². The molecule has 0 atom stereocenters. The lowest BCUT2D eigenvalue weighted by atomic mass is 10.00. The molecule has 0 N–H and O–H groups in total. The number of benzene rings is 2. The fourth-order valence-corrected chi connectivity index (χ4v) is 2.52. The number of likely N-dealkylation sites (N-methyl/N-ethyl adjacent to an activating group) is 1. The number of carbonyl (C=O) groups excluding carboxylic acids is 1. The van der Waals surface area contributed by atoms with Crippen molar-refractivity contribution in [1.29, 1.82) is 0 Å². The first-order valence-electron chi connectivity index (χ1n) is 6.43. The van der Waals surface area contributed by atoms with Crippen molar-refractivity contribution < 1.29 is 9.18 Å². The summed E-state index contributed by atoms with van der Waals surface area (Å²) < 4.78 is 13.5. The molecule has 0 radical (unpaired) electrons. The number of hydrogen-bond donors (Lipinski definition) is 0. The number of benzodiazepines with no additional fused rings is 1. The van der Waals surface area contributed by atoms with Crippen molar-refractivity contribution in [2.24, 2.45) is 4.99 Å². The Kier molecular flexibility index (Phi) is 3.47. The van der Waals surface area contributed by atoms with E-state index in [1.807, 2.05) is 0 Å². The third-order valence-electron chi connectivity index (χ3n) is 3.42. The number of aliphatic imine (C=N–C) groups is 1. The maximum atomic E-state index is 13.5. The maximum absolute atomic E-state index is 13.5. The molecular formula is C16H12ClFN2O. The van der Waals surface area contributed by atoms with E-state index in [4.69, 9.17) is 11.6 Å². The Morgan fingerprint density at radius 2 is 2.05 bits per heavy atom. The van der Waals surface area contributed by atoms with E-state index in [9.17, 15) is 9.18 Å². The van der Waals surface area contributed by atoms with Gasteiger partial charge in [-0.15, -0.1) is 0 Å². The largest absolute Gasteiger partial charge is 0.313 e. The smallest absolute Gasteiger partial charge is 0.248 e. The van der Waals surface area contributed by atoms with Crippen LogP contribution in [-0.2, 0) is 4.79 Å². The molecular weight excluding hydrogens is 291 g/mol. The van der Waals surface area contributed by atoms with E-state index in [2.05, 4.69) is 4.99 Å². The summed E-state index contributed by atoms with van der Waals surface area (Å²) in [7, 11) is 1.69. The maximum Gasteiger partial charge on any atom is 0.248 e. The lowest BCUT2D eigenvalue weighted by molar-refractivity contribution is -0.116. The Morgan fingerprint density at radius 3 is 2.81 bits per heavy atom. The molecule has 0 aliphatic carbocycles. The van der Waals surface area contributed by atoms with Gasteiger partial charge in [0.15, 0.2) is 0 Å². The van der Waals surface area contributed by atoms with Crippen LogP contribution in [0.3, 0.4) is 0 Å². The van der Waals surface area contributed by atoms with Crippen LogP contribution in [0.15, 0.2) is 47.5 Å². The van der Waals surface area contributed by atoms with Crippen LogP contribution >= 0.6 is 11.6 Å². The van der Waals surface area contributed by atoms with Gasteiger partial charge in [-0.2, -0.15) is 0 Å². The zero-order chi connectivity index (χ0) is 15.0. The summed E-state index contributed by atoms with van der Waals surface area (Å²) in [6, 6.07) is 11.4. The number of carbonyl (C=O) groups is 1. The molecule has 0 unspecified atom stereocenters. The van der Waals surface area contributed by atoms with Gasteiger partial charge < -0.3 is 4.90 Å². The van der Waals surface area contributed by atoms with E-state index in [0.29, 0.717) is 22.0 Å². The van der Waals surface area contributed by atoms with E-state index in [0.717, 1.165) is 5.56 Å². The predicted molar refractivity (Wildman–Crippen MR) is 81.8 cm³/mol. The average molecular weight is 303 g/mol. The van der Waals surface area contributed by atoms with E-state index >= 15 is 0 Å². The van der Waals surface area contributed by atoms with Gasteiger partial charge in [-0.1, -0.05) is 23.7 Å². The Bertz CT molecular complexity index is 758. The van der Waals surface area contributed by atoms with Gasteiger partial charge in [-0.25, -0.2) is 4.39 Å².